The highest BCUT2D eigenvalue weighted by Crippen LogP contribution is 2.50. The smallest absolute Gasteiger partial charge is 0.316 e. The quantitative estimate of drug-likeness (QED) is 0.617. The van der Waals surface area contributed by atoms with Crippen LogP contribution in [0.1, 0.15) is 25.3 Å². The van der Waals surface area contributed by atoms with E-state index >= 15 is 0 Å². The highest BCUT2D eigenvalue weighted by atomic mass is 35.5. The molecule has 0 aromatic heterocycles. The lowest BCUT2D eigenvalue weighted by atomic mass is 9.96. The lowest BCUT2D eigenvalue weighted by Gasteiger charge is -2.15. The molecule has 0 N–H and O–H groups in total. The van der Waals surface area contributed by atoms with Crippen molar-refractivity contribution in [3.05, 3.63) is 28.8 Å². The number of ether oxygens (including phenoxy) is 1. The topological polar surface area (TPSA) is 26.3 Å². The Hall–Kier alpha value is -0.670. The van der Waals surface area contributed by atoms with Gasteiger partial charge in [0.15, 0.2) is 0 Å². The Balaban J connectivity index is 2.28. The Labute approximate surface area is 111 Å². The molecule has 0 unspecified atom stereocenters. The number of hydrogen-bond acceptors (Lipinski definition) is 3. The molecule has 0 radical (unpaired) electrons. The van der Waals surface area contributed by atoms with Crippen LogP contribution >= 0.6 is 23.4 Å². The zero-order valence-corrected chi connectivity index (χ0v) is 11.5. The molecule has 1 aromatic carbocycles. The van der Waals surface area contributed by atoms with E-state index in [1.54, 1.807) is 11.8 Å². The van der Waals surface area contributed by atoms with Gasteiger partial charge in [-0.1, -0.05) is 17.7 Å². The normalized spacial score (nSPS) is 16.6. The largest absolute Gasteiger partial charge is 0.465 e. The first kappa shape index (κ1) is 12.8. The molecule has 1 aromatic rings. The van der Waals surface area contributed by atoms with Gasteiger partial charge in [0.25, 0.3) is 0 Å². The summed E-state index contributed by atoms with van der Waals surface area (Å²) in [6.07, 6.45) is 3.71. The number of thioether (sulfide) groups is 1. The average Bonchev–Trinajstić information content (AvgIpc) is 3.10. The SMILES string of the molecule is CCOC(=O)C1(c2ccc(SC)c(Cl)c2)CC1. The van der Waals surface area contributed by atoms with Gasteiger partial charge in [0.1, 0.15) is 0 Å². The molecule has 0 saturated heterocycles. The van der Waals surface area contributed by atoms with Crippen LogP contribution in [0, 0.1) is 0 Å². The number of carbonyl (C=O) groups is 1. The van der Waals surface area contributed by atoms with E-state index in [2.05, 4.69) is 0 Å². The van der Waals surface area contributed by atoms with Crippen molar-refractivity contribution in [2.45, 2.75) is 30.1 Å². The Morgan fingerprint density at radius 1 is 1.53 bits per heavy atom. The second-order valence-corrected chi connectivity index (χ2v) is 5.41. The van der Waals surface area contributed by atoms with Gasteiger partial charge in [0, 0.05) is 4.90 Å². The van der Waals surface area contributed by atoms with Gasteiger partial charge in [0.2, 0.25) is 0 Å². The van der Waals surface area contributed by atoms with Gasteiger partial charge in [0.05, 0.1) is 17.0 Å². The summed E-state index contributed by atoms with van der Waals surface area (Å²) in [5.74, 6) is -0.118. The molecule has 2 nitrogen and oxygen atoms in total. The van der Waals surface area contributed by atoms with Crippen LogP contribution in [-0.4, -0.2) is 18.8 Å². The molecular weight excluding hydrogens is 256 g/mol. The maximum atomic E-state index is 11.9. The molecule has 1 aliphatic carbocycles. The minimum atomic E-state index is -0.420. The molecule has 92 valence electrons. The predicted molar refractivity (Wildman–Crippen MR) is 70.8 cm³/mol. The first-order valence-corrected chi connectivity index (χ1v) is 7.25. The van der Waals surface area contributed by atoms with E-state index in [4.69, 9.17) is 16.3 Å². The third kappa shape index (κ3) is 2.31. The van der Waals surface area contributed by atoms with Gasteiger partial charge in [-0.2, -0.15) is 0 Å². The molecule has 0 bridgehead atoms. The first-order chi connectivity index (χ1) is 8.14. The van der Waals surface area contributed by atoms with Gasteiger partial charge in [-0.05, 0) is 43.7 Å². The monoisotopic (exact) mass is 270 g/mol. The van der Waals surface area contributed by atoms with E-state index < -0.39 is 5.41 Å². The molecule has 0 aliphatic heterocycles. The van der Waals surface area contributed by atoms with E-state index in [1.807, 2.05) is 31.4 Å². The van der Waals surface area contributed by atoms with Crippen molar-refractivity contribution < 1.29 is 9.53 Å². The van der Waals surface area contributed by atoms with Crippen LogP contribution in [0.5, 0.6) is 0 Å². The van der Waals surface area contributed by atoms with Gasteiger partial charge >= 0.3 is 5.97 Å². The maximum absolute atomic E-state index is 11.9. The summed E-state index contributed by atoms with van der Waals surface area (Å²) in [4.78, 5) is 13.0. The number of benzene rings is 1. The zero-order valence-electron chi connectivity index (χ0n) is 9.96. The van der Waals surface area contributed by atoms with Crippen molar-refractivity contribution in [3.8, 4) is 0 Å². The minimum Gasteiger partial charge on any atom is -0.465 e. The summed E-state index contributed by atoms with van der Waals surface area (Å²) in [6.45, 7) is 2.26. The summed E-state index contributed by atoms with van der Waals surface area (Å²) in [6, 6.07) is 5.86. The molecule has 4 heteroatoms. The fraction of sp³-hybridized carbons (Fsp3) is 0.462. The number of halogens is 1. The van der Waals surface area contributed by atoms with Crippen LogP contribution in [0.2, 0.25) is 5.02 Å². The lowest BCUT2D eigenvalue weighted by Crippen LogP contribution is -2.23. The number of esters is 1. The molecule has 0 spiro atoms. The van der Waals surface area contributed by atoms with Crippen molar-refractivity contribution in [1.29, 1.82) is 0 Å². The van der Waals surface area contributed by atoms with Crippen LogP contribution in [0.4, 0.5) is 0 Å². The van der Waals surface area contributed by atoms with E-state index in [0.717, 1.165) is 23.3 Å². The molecule has 2 rings (SSSR count). The molecule has 1 fully saturated rings. The van der Waals surface area contributed by atoms with Crippen molar-refractivity contribution in [3.63, 3.8) is 0 Å². The number of rotatable bonds is 4. The van der Waals surface area contributed by atoms with Gasteiger partial charge < -0.3 is 4.74 Å². The van der Waals surface area contributed by atoms with Crippen LogP contribution in [0.25, 0.3) is 0 Å². The fourth-order valence-electron chi connectivity index (χ4n) is 1.97. The third-order valence-corrected chi connectivity index (χ3v) is 4.34. The molecule has 0 heterocycles. The predicted octanol–water partition coefficient (Wildman–Crippen LogP) is 3.66. The fourth-order valence-corrected chi connectivity index (χ4v) is 2.84. The first-order valence-electron chi connectivity index (χ1n) is 5.65. The second-order valence-electron chi connectivity index (χ2n) is 4.15. The molecule has 17 heavy (non-hydrogen) atoms. The van der Waals surface area contributed by atoms with Crippen molar-refractivity contribution >= 4 is 29.3 Å². The summed E-state index contributed by atoms with van der Waals surface area (Å²) >= 11 is 7.78. The molecule has 0 amide bonds. The summed E-state index contributed by atoms with van der Waals surface area (Å²) in [5, 5.41) is 0.713. The van der Waals surface area contributed by atoms with Gasteiger partial charge in [-0.15, -0.1) is 11.8 Å². The Morgan fingerprint density at radius 2 is 2.24 bits per heavy atom. The second kappa shape index (κ2) is 4.91. The zero-order chi connectivity index (χ0) is 12.5. The molecular formula is C13H15ClO2S. The highest BCUT2D eigenvalue weighted by molar-refractivity contribution is 7.98. The van der Waals surface area contributed by atoms with E-state index in [0.29, 0.717) is 11.6 Å². The Bertz CT molecular complexity index is 441. The van der Waals surface area contributed by atoms with Crippen molar-refractivity contribution in [1.82, 2.24) is 0 Å². The summed E-state index contributed by atoms with van der Waals surface area (Å²) in [7, 11) is 0. The van der Waals surface area contributed by atoms with Gasteiger partial charge in [-0.25, -0.2) is 0 Å². The number of hydrogen-bond donors (Lipinski definition) is 0. The average molecular weight is 271 g/mol. The third-order valence-electron chi connectivity index (χ3n) is 3.12. The van der Waals surface area contributed by atoms with Crippen LogP contribution < -0.4 is 0 Å². The molecule has 1 aliphatic rings. The van der Waals surface area contributed by atoms with Crippen LogP contribution in [0.15, 0.2) is 23.1 Å². The van der Waals surface area contributed by atoms with E-state index in [-0.39, 0.29) is 5.97 Å². The van der Waals surface area contributed by atoms with E-state index in [1.165, 1.54) is 0 Å². The Kier molecular flexibility index (Phi) is 3.69. The Morgan fingerprint density at radius 3 is 2.71 bits per heavy atom. The molecule has 1 saturated carbocycles. The number of carbonyl (C=O) groups excluding carboxylic acids is 1. The van der Waals surface area contributed by atoms with Gasteiger partial charge in [-0.3, -0.25) is 4.79 Å². The van der Waals surface area contributed by atoms with Crippen LogP contribution in [-0.2, 0) is 14.9 Å². The maximum Gasteiger partial charge on any atom is 0.316 e. The van der Waals surface area contributed by atoms with E-state index in [9.17, 15) is 4.79 Å². The van der Waals surface area contributed by atoms with Crippen LogP contribution in [0.3, 0.4) is 0 Å². The lowest BCUT2D eigenvalue weighted by molar-refractivity contribution is -0.146. The molecule has 0 atom stereocenters. The van der Waals surface area contributed by atoms with Crippen molar-refractivity contribution in [2.75, 3.05) is 12.9 Å². The highest BCUT2D eigenvalue weighted by Gasteiger charge is 2.52. The van der Waals surface area contributed by atoms with Crippen molar-refractivity contribution in [2.24, 2.45) is 0 Å². The standard InChI is InChI=1S/C13H15ClO2S/c1-3-16-12(15)13(6-7-13)9-4-5-11(17-2)10(14)8-9/h4-5,8H,3,6-7H2,1-2H3. The summed E-state index contributed by atoms with van der Waals surface area (Å²) in [5.41, 5.74) is 0.565. The summed E-state index contributed by atoms with van der Waals surface area (Å²) < 4.78 is 5.13. The minimum absolute atomic E-state index is 0.118.